The average molecular weight is 271 g/mol. The van der Waals surface area contributed by atoms with E-state index in [1.807, 2.05) is 6.07 Å². The van der Waals surface area contributed by atoms with Gasteiger partial charge in [0, 0.05) is 17.1 Å². The van der Waals surface area contributed by atoms with Crippen molar-refractivity contribution in [3.63, 3.8) is 0 Å². The second-order valence-electron chi connectivity index (χ2n) is 4.15. The lowest BCUT2D eigenvalue weighted by Gasteiger charge is -2.03. The van der Waals surface area contributed by atoms with Gasteiger partial charge >= 0.3 is 5.97 Å². The number of carbonyl (C=O) groups is 3. The maximum Gasteiger partial charge on any atom is 0.375 e. The molecule has 0 bridgehead atoms. The van der Waals surface area contributed by atoms with Gasteiger partial charge < -0.3 is 4.74 Å². The Hall–Kier alpha value is -2.56. The van der Waals surface area contributed by atoms with Crippen molar-refractivity contribution in [2.24, 2.45) is 0 Å². The molecule has 102 valence electrons. The number of benzene rings is 1. The number of rotatable bonds is 5. The summed E-state index contributed by atoms with van der Waals surface area (Å²) >= 11 is 0. The van der Waals surface area contributed by atoms with Crippen LogP contribution in [0.2, 0.25) is 0 Å². The molecule has 0 radical (unpaired) electrons. The summed E-state index contributed by atoms with van der Waals surface area (Å²) in [7, 11) is 0. The number of ketones is 2. The van der Waals surface area contributed by atoms with Crippen LogP contribution < -0.4 is 0 Å². The van der Waals surface area contributed by atoms with Gasteiger partial charge in [-0.05, 0) is 31.2 Å². The van der Waals surface area contributed by atoms with Crippen LogP contribution >= 0.6 is 0 Å². The Labute approximate surface area is 115 Å². The van der Waals surface area contributed by atoms with Gasteiger partial charge in [-0.1, -0.05) is 6.07 Å². The number of Topliss-reactive ketones (excluding diaryl/α,β-unsaturated/α-hetero) is 2. The molecule has 0 aliphatic rings. The molecule has 0 fully saturated rings. The number of hydrogen-bond donors (Lipinski definition) is 0. The maximum absolute atomic E-state index is 12.0. The number of hydrogen-bond acceptors (Lipinski definition) is 5. The van der Waals surface area contributed by atoms with Crippen molar-refractivity contribution in [3.8, 4) is 0 Å². The predicted molar refractivity (Wildman–Crippen MR) is 72.3 cm³/mol. The van der Waals surface area contributed by atoms with Crippen LogP contribution in [0.25, 0.3) is 10.9 Å². The first kappa shape index (κ1) is 13.9. The minimum atomic E-state index is -0.969. The van der Waals surface area contributed by atoms with E-state index in [4.69, 9.17) is 0 Å². The number of fused-ring (bicyclic) bond motifs is 1. The van der Waals surface area contributed by atoms with E-state index < -0.39 is 24.0 Å². The van der Waals surface area contributed by atoms with Crippen LogP contribution in [0.15, 0.2) is 36.5 Å². The number of esters is 1. The van der Waals surface area contributed by atoms with Gasteiger partial charge in [0.15, 0.2) is 5.78 Å². The summed E-state index contributed by atoms with van der Waals surface area (Å²) in [5.41, 5.74) is 1.14. The Balaban J connectivity index is 2.15. The molecular formula is C15H13NO4. The topological polar surface area (TPSA) is 73.3 Å². The molecule has 1 heterocycles. The third-order valence-electron chi connectivity index (χ3n) is 2.75. The van der Waals surface area contributed by atoms with Crippen LogP contribution in [0.3, 0.4) is 0 Å². The molecule has 0 saturated carbocycles. The minimum Gasteiger partial charge on any atom is -0.460 e. The second kappa shape index (κ2) is 6.06. The number of ether oxygens (including phenoxy) is 1. The van der Waals surface area contributed by atoms with E-state index in [-0.39, 0.29) is 6.61 Å². The molecule has 5 nitrogen and oxygen atoms in total. The zero-order valence-electron chi connectivity index (χ0n) is 11.0. The molecule has 0 saturated heterocycles. The zero-order chi connectivity index (χ0) is 14.5. The van der Waals surface area contributed by atoms with Crippen LogP contribution in [0.5, 0.6) is 0 Å². The Morgan fingerprint density at radius 1 is 1.20 bits per heavy atom. The molecule has 0 aliphatic carbocycles. The molecule has 0 amide bonds. The molecule has 20 heavy (non-hydrogen) atoms. The zero-order valence-corrected chi connectivity index (χ0v) is 11.0. The Kier molecular flexibility index (Phi) is 4.20. The Morgan fingerprint density at radius 3 is 2.75 bits per heavy atom. The third kappa shape index (κ3) is 3.06. The average Bonchev–Trinajstić information content (AvgIpc) is 2.46. The summed E-state index contributed by atoms with van der Waals surface area (Å²) < 4.78 is 4.56. The standard InChI is InChI=1S/C15H13NO4/c1-2-20-15(19)14(18)9-13(17)11-5-6-12-10(8-11)4-3-7-16-12/h3-8H,2,9H2,1H3. The quantitative estimate of drug-likeness (QED) is 0.359. The van der Waals surface area contributed by atoms with E-state index >= 15 is 0 Å². The monoisotopic (exact) mass is 271 g/mol. The second-order valence-corrected chi connectivity index (χ2v) is 4.15. The number of pyridine rings is 1. The van der Waals surface area contributed by atoms with Gasteiger partial charge in [0.1, 0.15) is 0 Å². The highest BCUT2D eigenvalue weighted by molar-refractivity contribution is 6.38. The Bertz CT molecular complexity index is 678. The lowest BCUT2D eigenvalue weighted by Crippen LogP contribution is -2.20. The van der Waals surface area contributed by atoms with Gasteiger partial charge in [0.2, 0.25) is 5.78 Å². The van der Waals surface area contributed by atoms with Crippen molar-refractivity contribution >= 4 is 28.4 Å². The van der Waals surface area contributed by atoms with Crippen LogP contribution in [-0.2, 0) is 14.3 Å². The molecule has 1 aromatic carbocycles. The van der Waals surface area contributed by atoms with Gasteiger partial charge in [0.05, 0.1) is 18.5 Å². The van der Waals surface area contributed by atoms with Gasteiger partial charge in [-0.3, -0.25) is 14.6 Å². The van der Waals surface area contributed by atoms with Crippen molar-refractivity contribution in [3.05, 3.63) is 42.1 Å². The number of carbonyl (C=O) groups excluding carboxylic acids is 3. The molecule has 2 rings (SSSR count). The summed E-state index contributed by atoms with van der Waals surface area (Å²) in [6.07, 6.45) is 1.18. The summed E-state index contributed by atoms with van der Waals surface area (Å²) in [4.78, 5) is 38.8. The Morgan fingerprint density at radius 2 is 2.00 bits per heavy atom. The van der Waals surface area contributed by atoms with E-state index in [1.54, 1.807) is 37.4 Å². The van der Waals surface area contributed by atoms with Gasteiger partial charge in [-0.2, -0.15) is 0 Å². The van der Waals surface area contributed by atoms with Crippen LogP contribution in [0, 0.1) is 0 Å². The van der Waals surface area contributed by atoms with Gasteiger partial charge in [-0.25, -0.2) is 4.79 Å². The highest BCUT2D eigenvalue weighted by Gasteiger charge is 2.20. The van der Waals surface area contributed by atoms with Crippen LogP contribution in [-0.4, -0.2) is 29.1 Å². The van der Waals surface area contributed by atoms with E-state index in [2.05, 4.69) is 9.72 Å². The molecule has 0 spiro atoms. The van der Waals surface area contributed by atoms with Crippen LogP contribution in [0.1, 0.15) is 23.7 Å². The highest BCUT2D eigenvalue weighted by Crippen LogP contribution is 2.14. The first-order chi connectivity index (χ1) is 9.61. The lowest BCUT2D eigenvalue weighted by atomic mass is 10.0. The largest absolute Gasteiger partial charge is 0.460 e. The number of aromatic nitrogens is 1. The minimum absolute atomic E-state index is 0.112. The summed E-state index contributed by atoms with van der Waals surface area (Å²) in [5, 5.41) is 0.807. The van der Waals surface area contributed by atoms with E-state index in [9.17, 15) is 14.4 Å². The molecule has 0 N–H and O–H groups in total. The number of nitrogens with zero attached hydrogens (tertiary/aromatic N) is 1. The van der Waals surface area contributed by atoms with Crippen molar-refractivity contribution in [2.75, 3.05) is 6.61 Å². The van der Waals surface area contributed by atoms with E-state index in [0.717, 1.165) is 10.9 Å². The van der Waals surface area contributed by atoms with Crippen molar-refractivity contribution < 1.29 is 19.1 Å². The van der Waals surface area contributed by atoms with Crippen molar-refractivity contribution in [1.82, 2.24) is 4.98 Å². The normalized spacial score (nSPS) is 10.2. The smallest absolute Gasteiger partial charge is 0.375 e. The highest BCUT2D eigenvalue weighted by atomic mass is 16.5. The van der Waals surface area contributed by atoms with E-state index in [0.29, 0.717) is 5.56 Å². The molecule has 1 aromatic heterocycles. The SMILES string of the molecule is CCOC(=O)C(=O)CC(=O)c1ccc2ncccc2c1. The summed E-state index contributed by atoms with van der Waals surface area (Å²) in [6, 6.07) is 8.54. The summed E-state index contributed by atoms with van der Waals surface area (Å²) in [5.74, 6) is -2.21. The third-order valence-corrected chi connectivity index (χ3v) is 2.75. The molecule has 0 aliphatic heterocycles. The molecule has 2 aromatic rings. The maximum atomic E-state index is 12.0. The molecular weight excluding hydrogens is 258 g/mol. The lowest BCUT2D eigenvalue weighted by molar-refractivity contribution is -0.153. The fourth-order valence-corrected chi connectivity index (χ4v) is 1.78. The molecule has 5 heteroatoms. The van der Waals surface area contributed by atoms with Gasteiger partial charge in [-0.15, -0.1) is 0 Å². The van der Waals surface area contributed by atoms with Crippen molar-refractivity contribution in [2.45, 2.75) is 13.3 Å². The molecule has 0 atom stereocenters. The van der Waals surface area contributed by atoms with E-state index in [1.165, 1.54) is 0 Å². The first-order valence-corrected chi connectivity index (χ1v) is 6.19. The fraction of sp³-hybridized carbons (Fsp3) is 0.200. The predicted octanol–water partition coefficient (Wildman–Crippen LogP) is 1.94. The fourth-order valence-electron chi connectivity index (χ4n) is 1.78. The van der Waals surface area contributed by atoms with Gasteiger partial charge in [0.25, 0.3) is 0 Å². The molecule has 0 unspecified atom stereocenters. The summed E-state index contributed by atoms with van der Waals surface area (Å²) in [6.45, 7) is 1.71. The van der Waals surface area contributed by atoms with Crippen LogP contribution in [0.4, 0.5) is 0 Å². The van der Waals surface area contributed by atoms with Crippen molar-refractivity contribution in [1.29, 1.82) is 0 Å². The first-order valence-electron chi connectivity index (χ1n) is 6.19.